The minimum Gasteiger partial charge on any atom is -0.376 e. The van der Waals surface area contributed by atoms with Gasteiger partial charge in [-0.15, -0.1) is 0 Å². The van der Waals surface area contributed by atoms with Gasteiger partial charge in [-0.25, -0.2) is 0 Å². The third kappa shape index (κ3) is 2.66. The smallest absolute Gasteiger partial charge is 0.105 e. The molecule has 0 aliphatic carbocycles. The number of aromatic nitrogens is 1. The predicted octanol–water partition coefficient (Wildman–Crippen LogP) is 3.48. The Bertz CT molecular complexity index is 596. The van der Waals surface area contributed by atoms with E-state index in [-0.39, 0.29) is 6.10 Å². The molecule has 2 heterocycles. The molecule has 1 saturated heterocycles. The molecule has 1 aliphatic rings. The zero-order valence-electron chi connectivity index (χ0n) is 10.9. The third-order valence-corrected chi connectivity index (χ3v) is 4.11. The predicted molar refractivity (Wildman–Crippen MR) is 78.2 cm³/mol. The van der Waals surface area contributed by atoms with Crippen LogP contribution in [0.1, 0.15) is 18.1 Å². The van der Waals surface area contributed by atoms with Crippen LogP contribution in [0, 0.1) is 0 Å². The average Bonchev–Trinajstić information content (AvgIpc) is 2.37. The largest absolute Gasteiger partial charge is 0.376 e. The van der Waals surface area contributed by atoms with Gasteiger partial charge in [0.1, 0.15) is 6.10 Å². The summed E-state index contributed by atoms with van der Waals surface area (Å²) in [5.41, 5.74) is 3.49. The lowest BCUT2D eigenvalue weighted by Gasteiger charge is -2.26. The minimum atomic E-state index is 0.243. The number of nitrogens with zero attached hydrogens (tertiary/aromatic N) is 1. The van der Waals surface area contributed by atoms with E-state index in [9.17, 15) is 0 Å². The van der Waals surface area contributed by atoms with Crippen LogP contribution in [0.15, 0.2) is 28.9 Å². The fourth-order valence-electron chi connectivity index (χ4n) is 2.19. The number of ether oxygens (including phenoxy) is 2. The molecule has 0 saturated carbocycles. The standard InChI is InChI=1S/C15H16BrNO2/c1-2-10-5-11(7-19-12-8-18-9-12)15-13(6-10)14(16)3-4-17-15/h3-6,12H,2,7-9H2,1H3. The molecule has 2 aromatic rings. The summed E-state index contributed by atoms with van der Waals surface area (Å²) in [6, 6.07) is 6.37. The highest BCUT2D eigenvalue weighted by atomic mass is 79.9. The summed E-state index contributed by atoms with van der Waals surface area (Å²) < 4.78 is 12.0. The Hall–Kier alpha value is -0.970. The van der Waals surface area contributed by atoms with Crippen LogP contribution in [-0.2, 0) is 22.5 Å². The van der Waals surface area contributed by atoms with Gasteiger partial charge in [-0.1, -0.05) is 28.9 Å². The van der Waals surface area contributed by atoms with Crippen LogP contribution in [0.4, 0.5) is 0 Å². The molecule has 0 bridgehead atoms. The molecule has 0 amide bonds. The van der Waals surface area contributed by atoms with Gasteiger partial charge in [0.05, 0.1) is 25.3 Å². The molecule has 0 spiro atoms. The van der Waals surface area contributed by atoms with Crippen molar-refractivity contribution in [2.24, 2.45) is 0 Å². The fraction of sp³-hybridized carbons (Fsp3) is 0.400. The lowest BCUT2D eigenvalue weighted by molar-refractivity contribution is -0.135. The molecule has 1 aromatic heterocycles. The van der Waals surface area contributed by atoms with Crippen molar-refractivity contribution in [1.82, 2.24) is 4.98 Å². The van der Waals surface area contributed by atoms with Crippen molar-refractivity contribution < 1.29 is 9.47 Å². The van der Waals surface area contributed by atoms with Crippen LogP contribution >= 0.6 is 15.9 Å². The van der Waals surface area contributed by atoms with Gasteiger partial charge in [-0.2, -0.15) is 0 Å². The molecule has 0 atom stereocenters. The second-order valence-corrected chi connectivity index (χ2v) is 5.62. The number of hydrogen-bond acceptors (Lipinski definition) is 3. The summed E-state index contributed by atoms with van der Waals surface area (Å²) in [5.74, 6) is 0. The molecule has 1 fully saturated rings. The highest BCUT2D eigenvalue weighted by molar-refractivity contribution is 9.10. The van der Waals surface area contributed by atoms with Crippen molar-refractivity contribution in [3.05, 3.63) is 40.0 Å². The Balaban J connectivity index is 1.97. The van der Waals surface area contributed by atoms with Gasteiger partial charge in [-0.05, 0) is 24.1 Å². The van der Waals surface area contributed by atoms with Gasteiger partial charge in [0.25, 0.3) is 0 Å². The van der Waals surface area contributed by atoms with Crippen molar-refractivity contribution in [3.8, 4) is 0 Å². The summed E-state index contributed by atoms with van der Waals surface area (Å²) in [7, 11) is 0. The Morgan fingerprint density at radius 3 is 2.95 bits per heavy atom. The Labute approximate surface area is 121 Å². The van der Waals surface area contributed by atoms with E-state index in [1.807, 2.05) is 12.3 Å². The van der Waals surface area contributed by atoms with E-state index >= 15 is 0 Å². The van der Waals surface area contributed by atoms with Gasteiger partial charge in [0.15, 0.2) is 0 Å². The maximum absolute atomic E-state index is 5.83. The number of pyridine rings is 1. The summed E-state index contributed by atoms with van der Waals surface area (Å²) in [4.78, 5) is 4.50. The van der Waals surface area contributed by atoms with Gasteiger partial charge < -0.3 is 9.47 Å². The number of benzene rings is 1. The topological polar surface area (TPSA) is 31.4 Å². The quantitative estimate of drug-likeness (QED) is 0.864. The molecule has 3 rings (SSSR count). The highest BCUT2D eigenvalue weighted by Crippen LogP contribution is 2.27. The summed E-state index contributed by atoms with van der Waals surface area (Å²) in [6.07, 6.45) is 3.08. The first-order valence-electron chi connectivity index (χ1n) is 6.53. The maximum Gasteiger partial charge on any atom is 0.105 e. The van der Waals surface area contributed by atoms with Gasteiger partial charge >= 0.3 is 0 Å². The Morgan fingerprint density at radius 2 is 2.26 bits per heavy atom. The van der Waals surface area contributed by atoms with E-state index in [0.717, 1.165) is 27.4 Å². The third-order valence-electron chi connectivity index (χ3n) is 3.42. The van der Waals surface area contributed by atoms with Crippen LogP contribution < -0.4 is 0 Å². The van der Waals surface area contributed by atoms with E-state index < -0.39 is 0 Å². The second-order valence-electron chi connectivity index (χ2n) is 4.77. The summed E-state index contributed by atoms with van der Waals surface area (Å²) >= 11 is 3.60. The molecule has 3 nitrogen and oxygen atoms in total. The number of halogens is 1. The monoisotopic (exact) mass is 321 g/mol. The molecule has 4 heteroatoms. The molecule has 0 N–H and O–H groups in total. The van der Waals surface area contributed by atoms with Gasteiger partial charge in [-0.3, -0.25) is 4.98 Å². The van der Waals surface area contributed by atoms with E-state index in [2.05, 4.69) is 40.0 Å². The van der Waals surface area contributed by atoms with Crippen LogP contribution in [0.5, 0.6) is 0 Å². The lowest BCUT2D eigenvalue weighted by Crippen LogP contribution is -2.35. The molecule has 1 aromatic carbocycles. The number of aryl methyl sites for hydroxylation is 1. The highest BCUT2D eigenvalue weighted by Gasteiger charge is 2.19. The van der Waals surface area contributed by atoms with Crippen LogP contribution in [0.2, 0.25) is 0 Å². The lowest BCUT2D eigenvalue weighted by atomic mass is 10.0. The molecule has 0 unspecified atom stereocenters. The number of hydrogen-bond donors (Lipinski definition) is 0. The summed E-state index contributed by atoms with van der Waals surface area (Å²) in [6.45, 7) is 4.18. The second kappa shape index (κ2) is 5.57. The van der Waals surface area contributed by atoms with Crippen LogP contribution in [0.25, 0.3) is 10.9 Å². The zero-order chi connectivity index (χ0) is 13.2. The average molecular weight is 322 g/mol. The maximum atomic E-state index is 5.83. The fourth-order valence-corrected chi connectivity index (χ4v) is 2.61. The number of rotatable bonds is 4. The first-order chi connectivity index (χ1) is 9.28. The Kier molecular flexibility index (Phi) is 3.82. The molecule has 0 radical (unpaired) electrons. The molecular weight excluding hydrogens is 306 g/mol. The zero-order valence-corrected chi connectivity index (χ0v) is 12.4. The minimum absolute atomic E-state index is 0.243. The van der Waals surface area contributed by atoms with E-state index in [0.29, 0.717) is 19.8 Å². The van der Waals surface area contributed by atoms with Crippen LogP contribution in [0.3, 0.4) is 0 Å². The number of fused-ring (bicyclic) bond motifs is 1. The van der Waals surface area contributed by atoms with Gasteiger partial charge in [0.2, 0.25) is 0 Å². The molecule has 1 aliphatic heterocycles. The van der Waals surface area contributed by atoms with E-state index in [1.54, 1.807) is 0 Å². The van der Waals surface area contributed by atoms with E-state index in [1.165, 1.54) is 5.56 Å². The van der Waals surface area contributed by atoms with Crippen molar-refractivity contribution in [3.63, 3.8) is 0 Å². The van der Waals surface area contributed by atoms with Crippen molar-refractivity contribution in [2.45, 2.75) is 26.1 Å². The van der Waals surface area contributed by atoms with Gasteiger partial charge in [0, 0.05) is 21.6 Å². The molecular formula is C15H16BrNO2. The first-order valence-corrected chi connectivity index (χ1v) is 7.32. The SMILES string of the molecule is CCc1cc(COC2COC2)c2nccc(Br)c2c1. The summed E-state index contributed by atoms with van der Waals surface area (Å²) in [5, 5.41) is 1.16. The van der Waals surface area contributed by atoms with Crippen molar-refractivity contribution in [1.29, 1.82) is 0 Å². The first kappa shape index (κ1) is 13.0. The normalized spacial score (nSPS) is 15.7. The van der Waals surface area contributed by atoms with Crippen molar-refractivity contribution >= 4 is 26.8 Å². The molecule has 100 valence electrons. The molecule has 19 heavy (non-hydrogen) atoms. The Morgan fingerprint density at radius 1 is 1.42 bits per heavy atom. The van der Waals surface area contributed by atoms with Crippen molar-refractivity contribution in [2.75, 3.05) is 13.2 Å². The van der Waals surface area contributed by atoms with E-state index in [4.69, 9.17) is 9.47 Å². The van der Waals surface area contributed by atoms with Crippen LogP contribution in [-0.4, -0.2) is 24.3 Å².